The molecule has 2 heteroatoms. The van der Waals surface area contributed by atoms with Gasteiger partial charge in [0.1, 0.15) is 0 Å². The molecule has 0 aliphatic carbocycles. The molecule has 1 unspecified atom stereocenters. The zero-order chi connectivity index (χ0) is 8.15. The third-order valence-electron chi connectivity index (χ3n) is 1.35. The SMILES string of the molecule is C=CC(S)CC(=C)N(C)C. The highest BCUT2D eigenvalue weighted by Crippen LogP contribution is 2.10. The highest BCUT2D eigenvalue weighted by atomic mass is 32.1. The van der Waals surface area contributed by atoms with Crippen molar-refractivity contribution in [3.05, 3.63) is 24.9 Å². The van der Waals surface area contributed by atoms with Crippen LogP contribution in [-0.2, 0) is 0 Å². The van der Waals surface area contributed by atoms with Gasteiger partial charge in [-0.3, -0.25) is 0 Å². The first kappa shape index (κ1) is 9.63. The fourth-order valence-electron chi connectivity index (χ4n) is 0.507. The van der Waals surface area contributed by atoms with Crippen LogP contribution in [0.3, 0.4) is 0 Å². The summed E-state index contributed by atoms with van der Waals surface area (Å²) < 4.78 is 0. The summed E-state index contributed by atoms with van der Waals surface area (Å²) in [6.45, 7) is 7.51. The van der Waals surface area contributed by atoms with Gasteiger partial charge in [0.15, 0.2) is 0 Å². The average Bonchev–Trinajstić information content (AvgIpc) is 1.87. The molecule has 0 heterocycles. The Morgan fingerprint density at radius 3 is 2.50 bits per heavy atom. The number of hydrogen-bond donors (Lipinski definition) is 1. The minimum Gasteiger partial charge on any atom is -0.381 e. The summed E-state index contributed by atoms with van der Waals surface area (Å²) in [5.74, 6) is 0. The van der Waals surface area contributed by atoms with Crippen molar-refractivity contribution in [2.45, 2.75) is 11.7 Å². The molecule has 0 aromatic heterocycles. The van der Waals surface area contributed by atoms with Crippen molar-refractivity contribution in [1.29, 1.82) is 0 Å². The quantitative estimate of drug-likeness (QED) is 0.482. The third-order valence-corrected chi connectivity index (χ3v) is 1.74. The monoisotopic (exact) mass is 157 g/mol. The number of allylic oxidation sites excluding steroid dienone is 1. The normalized spacial score (nSPS) is 12.3. The lowest BCUT2D eigenvalue weighted by Gasteiger charge is -2.16. The van der Waals surface area contributed by atoms with E-state index in [0.717, 1.165) is 12.1 Å². The molecule has 1 nitrogen and oxygen atoms in total. The van der Waals surface area contributed by atoms with Crippen LogP contribution in [0.2, 0.25) is 0 Å². The van der Waals surface area contributed by atoms with Crippen molar-refractivity contribution >= 4 is 12.6 Å². The van der Waals surface area contributed by atoms with Crippen molar-refractivity contribution in [3.8, 4) is 0 Å². The summed E-state index contributed by atoms with van der Waals surface area (Å²) in [6, 6.07) is 0. The number of nitrogens with zero attached hydrogens (tertiary/aromatic N) is 1. The topological polar surface area (TPSA) is 3.24 Å². The van der Waals surface area contributed by atoms with Gasteiger partial charge in [0.2, 0.25) is 0 Å². The fraction of sp³-hybridized carbons (Fsp3) is 0.500. The van der Waals surface area contributed by atoms with Crippen molar-refractivity contribution in [2.75, 3.05) is 14.1 Å². The molecule has 0 saturated heterocycles. The molecule has 0 spiro atoms. The Morgan fingerprint density at radius 1 is 1.70 bits per heavy atom. The molecule has 0 aliphatic heterocycles. The molecule has 0 fully saturated rings. The molecule has 0 aliphatic rings. The zero-order valence-electron chi connectivity index (χ0n) is 6.67. The number of thiol groups is 1. The van der Waals surface area contributed by atoms with E-state index < -0.39 is 0 Å². The van der Waals surface area contributed by atoms with Crippen LogP contribution in [0.15, 0.2) is 24.9 Å². The van der Waals surface area contributed by atoms with Crippen LogP contribution in [-0.4, -0.2) is 24.2 Å². The lowest BCUT2D eigenvalue weighted by atomic mass is 10.2. The standard InChI is InChI=1S/C8H15NS/c1-5-8(10)6-7(2)9(3)4/h5,8,10H,1-2,6H2,3-4H3. The van der Waals surface area contributed by atoms with Gasteiger partial charge in [-0.2, -0.15) is 12.6 Å². The lowest BCUT2D eigenvalue weighted by molar-refractivity contribution is 0.493. The number of rotatable bonds is 4. The minimum atomic E-state index is 0.231. The summed E-state index contributed by atoms with van der Waals surface area (Å²) in [5, 5.41) is 0.231. The third kappa shape index (κ3) is 3.62. The largest absolute Gasteiger partial charge is 0.381 e. The van der Waals surface area contributed by atoms with E-state index >= 15 is 0 Å². The molecular weight excluding hydrogens is 142 g/mol. The predicted octanol–water partition coefficient (Wildman–Crippen LogP) is 1.94. The molecule has 0 saturated carbocycles. The maximum Gasteiger partial charge on any atom is 0.0248 e. The Balaban J connectivity index is 3.68. The first-order valence-corrected chi connectivity index (χ1v) is 3.75. The molecule has 0 bridgehead atoms. The molecule has 0 aromatic rings. The Hall–Kier alpha value is -0.370. The van der Waals surface area contributed by atoms with Gasteiger partial charge in [0, 0.05) is 31.5 Å². The fourth-order valence-corrected chi connectivity index (χ4v) is 0.718. The van der Waals surface area contributed by atoms with Crippen LogP contribution in [0.25, 0.3) is 0 Å². The van der Waals surface area contributed by atoms with Crippen LogP contribution in [0.5, 0.6) is 0 Å². The molecule has 58 valence electrons. The van der Waals surface area contributed by atoms with Crippen LogP contribution < -0.4 is 0 Å². The van der Waals surface area contributed by atoms with E-state index in [1.807, 2.05) is 25.1 Å². The van der Waals surface area contributed by atoms with Gasteiger partial charge >= 0.3 is 0 Å². The van der Waals surface area contributed by atoms with E-state index in [9.17, 15) is 0 Å². The van der Waals surface area contributed by atoms with E-state index in [0.29, 0.717) is 0 Å². The van der Waals surface area contributed by atoms with Crippen LogP contribution >= 0.6 is 12.6 Å². The van der Waals surface area contributed by atoms with Gasteiger partial charge in [-0.25, -0.2) is 0 Å². The molecular formula is C8H15NS. The summed E-state index contributed by atoms with van der Waals surface area (Å²) in [7, 11) is 3.96. The number of hydrogen-bond acceptors (Lipinski definition) is 2. The predicted molar refractivity (Wildman–Crippen MR) is 50.4 cm³/mol. The van der Waals surface area contributed by atoms with Gasteiger partial charge in [0.05, 0.1) is 0 Å². The van der Waals surface area contributed by atoms with Gasteiger partial charge in [0.25, 0.3) is 0 Å². The molecule has 0 N–H and O–H groups in total. The van der Waals surface area contributed by atoms with Gasteiger partial charge in [-0.1, -0.05) is 12.7 Å². The smallest absolute Gasteiger partial charge is 0.0248 e. The average molecular weight is 157 g/mol. The minimum absolute atomic E-state index is 0.231. The second-order valence-electron chi connectivity index (χ2n) is 2.47. The second kappa shape index (κ2) is 4.45. The zero-order valence-corrected chi connectivity index (χ0v) is 7.56. The van der Waals surface area contributed by atoms with Crippen molar-refractivity contribution < 1.29 is 0 Å². The van der Waals surface area contributed by atoms with Gasteiger partial charge in [-0.05, 0) is 0 Å². The van der Waals surface area contributed by atoms with E-state index in [2.05, 4.69) is 25.8 Å². The summed E-state index contributed by atoms with van der Waals surface area (Å²) in [4.78, 5) is 1.99. The van der Waals surface area contributed by atoms with Gasteiger partial charge in [-0.15, -0.1) is 6.58 Å². The van der Waals surface area contributed by atoms with Crippen LogP contribution in [0, 0.1) is 0 Å². The summed E-state index contributed by atoms with van der Waals surface area (Å²) >= 11 is 4.26. The molecule has 0 radical (unpaired) electrons. The maximum absolute atomic E-state index is 4.26. The first-order chi connectivity index (χ1) is 4.57. The second-order valence-corrected chi connectivity index (χ2v) is 3.13. The Kier molecular flexibility index (Phi) is 4.28. The molecule has 0 aromatic carbocycles. The maximum atomic E-state index is 4.26. The van der Waals surface area contributed by atoms with E-state index in [1.54, 1.807) is 0 Å². The highest BCUT2D eigenvalue weighted by molar-refractivity contribution is 7.81. The van der Waals surface area contributed by atoms with Crippen molar-refractivity contribution in [2.24, 2.45) is 0 Å². The van der Waals surface area contributed by atoms with Crippen molar-refractivity contribution in [1.82, 2.24) is 4.90 Å². The van der Waals surface area contributed by atoms with Gasteiger partial charge < -0.3 is 4.90 Å². The van der Waals surface area contributed by atoms with Crippen molar-refractivity contribution in [3.63, 3.8) is 0 Å². The molecule has 0 amide bonds. The molecule has 1 atom stereocenters. The van der Waals surface area contributed by atoms with Crippen LogP contribution in [0.4, 0.5) is 0 Å². The van der Waals surface area contributed by atoms with E-state index in [4.69, 9.17) is 0 Å². The molecule has 0 rings (SSSR count). The highest BCUT2D eigenvalue weighted by Gasteiger charge is 2.01. The Labute approximate surface area is 68.8 Å². The Bertz CT molecular complexity index is 129. The van der Waals surface area contributed by atoms with Crippen LogP contribution in [0.1, 0.15) is 6.42 Å². The summed E-state index contributed by atoms with van der Waals surface area (Å²) in [6.07, 6.45) is 2.69. The molecule has 10 heavy (non-hydrogen) atoms. The van der Waals surface area contributed by atoms with E-state index in [1.165, 1.54) is 0 Å². The first-order valence-electron chi connectivity index (χ1n) is 3.23. The lowest BCUT2D eigenvalue weighted by Crippen LogP contribution is -2.12. The van der Waals surface area contributed by atoms with E-state index in [-0.39, 0.29) is 5.25 Å². The summed E-state index contributed by atoms with van der Waals surface area (Å²) in [5.41, 5.74) is 1.08. The Morgan fingerprint density at radius 2 is 2.20 bits per heavy atom.